The third kappa shape index (κ3) is 5.34. The molecule has 0 atom stereocenters. The molecule has 0 saturated carbocycles. The van der Waals surface area contributed by atoms with E-state index in [0.717, 1.165) is 11.1 Å². The number of anilines is 1. The third-order valence-corrected chi connectivity index (χ3v) is 5.62. The van der Waals surface area contributed by atoms with Gasteiger partial charge in [0.05, 0.1) is 43.1 Å². The van der Waals surface area contributed by atoms with Gasteiger partial charge in [-0.15, -0.1) is 10.2 Å². The van der Waals surface area contributed by atoms with Gasteiger partial charge in [-0.25, -0.2) is 4.98 Å². The van der Waals surface area contributed by atoms with Crippen LogP contribution in [0.4, 0.5) is 5.69 Å². The van der Waals surface area contributed by atoms with Crippen molar-refractivity contribution in [3.05, 3.63) is 60.9 Å². The summed E-state index contributed by atoms with van der Waals surface area (Å²) in [6, 6.07) is 8.53. The lowest BCUT2D eigenvalue weighted by Crippen LogP contribution is -2.12. The van der Waals surface area contributed by atoms with Crippen molar-refractivity contribution in [1.29, 1.82) is 0 Å². The van der Waals surface area contributed by atoms with E-state index in [-0.39, 0.29) is 17.4 Å². The zero-order valence-corrected chi connectivity index (χ0v) is 19.4. The average molecular weight is 479 g/mol. The molecule has 0 bridgehead atoms. The Hall–Kier alpha value is -3.92. The van der Waals surface area contributed by atoms with Crippen molar-refractivity contribution in [1.82, 2.24) is 15.2 Å². The summed E-state index contributed by atoms with van der Waals surface area (Å²) in [5.41, 5.74) is 3.51. The lowest BCUT2D eigenvalue weighted by atomic mass is 10.1. The lowest BCUT2D eigenvalue weighted by molar-refractivity contribution is -0.115. The molecular weight excluding hydrogens is 456 g/mol. The molecule has 0 unspecified atom stereocenters. The number of ether oxygens (including phenoxy) is 1. The van der Waals surface area contributed by atoms with E-state index in [1.54, 1.807) is 62.3 Å². The number of hydrogen-bond acceptors (Lipinski definition) is 9. The van der Waals surface area contributed by atoms with Crippen LogP contribution in [0.5, 0.6) is 5.75 Å². The van der Waals surface area contributed by atoms with Gasteiger partial charge in [0.15, 0.2) is 5.78 Å². The molecular formula is C24H22N4O5S. The number of rotatable bonds is 10. The number of furan rings is 2. The van der Waals surface area contributed by atoms with Crippen molar-refractivity contribution in [2.45, 2.75) is 25.4 Å². The van der Waals surface area contributed by atoms with Crippen molar-refractivity contribution in [2.24, 2.45) is 0 Å². The molecule has 3 aromatic heterocycles. The van der Waals surface area contributed by atoms with Gasteiger partial charge in [0, 0.05) is 23.1 Å². The fourth-order valence-electron chi connectivity index (χ4n) is 3.10. The highest BCUT2D eigenvalue weighted by Crippen LogP contribution is 2.31. The molecule has 34 heavy (non-hydrogen) atoms. The minimum Gasteiger partial charge on any atom is -0.492 e. The van der Waals surface area contributed by atoms with Gasteiger partial charge in [0.25, 0.3) is 0 Å². The number of aromatic nitrogens is 3. The summed E-state index contributed by atoms with van der Waals surface area (Å²) in [4.78, 5) is 29.4. The number of carbonyl (C=O) groups is 2. The summed E-state index contributed by atoms with van der Waals surface area (Å²) in [7, 11) is 0. The van der Waals surface area contributed by atoms with Crippen LogP contribution < -0.4 is 10.1 Å². The first kappa shape index (κ1) is 23.2. The second kappa shape index (κ2) is 10.8. The molecule has 174 valence electrons. The van der Waals surface area contributed by atoms with Crippen LogP contribution in [0.2, 0.25) is 0 Å². The molecule has 0 radical (unpaired) electrons. The highest BCUT2D eigenvalue weighted by Gasteiger charge is 2.18. The van der Waals surface area contributed by atoms with E-state index < -0.39 is 0 Å². The van der Waals surface area contributed by atoms with Crippen LogP contribution in [0.15, 0.2) is 69.4 Å². The standard InChI is InChI=1S/C24H22N4O5S/c1-3-21(30)25-18-11-15(5-6-20(18)33-4-2)19(29)14-34-24-26-22(16-7-9-31-12-16)23(27-28-24)17-8-10-32-13-17/h5-13H,3-4,14H2,1-2H3,(H,25,30). The van der Waals surface area contributed by atoms with Crippen molar-refractivity contribution in [2.75, 3.05) is 17.7 Å². The number of carbonyl (C=O) groups excluding carboxylic acids is 2. The molecule has 1 aromatic carbocycles. The minimum absolute atomic E-state index is 0.0900. The molecule has 0 fully saturated rings. The number of hydrogen-bond donors (Lipinski definition) is 1. The SMILES string of the molecule is CCOc1ccc(C(=O)CSc2nnc(-c3ccoc3)c(-c3ccoc3)n2)cc1NC(=O)CC. The Morgan fingerprint density at radius 2 is 1.74 bits per heavy atom. The Balaban J connectivity index is 1.53. The highest BCUT2D eigenvalue weighted by molar-refractivity contribution is 7.99. The quantitative estimate of drug-likeness (QED) is 0.245. The number of ketones is 1. The zero-order chi connectivity index (χ0) is 23.9. The van der Waals surface area contributed by atoms with Gasteiger partial charge in [0.2, 0.25) is 11.1 Å². The van der Waals surface area contributed by atoms with Crippen molar-refractivity contribution < 1.29 is 23.2 Å². The molecule has 1 N–H and O–H groups in total. The molecule has 0 aliphatic carbocycles. The predicted octanol–water partition coefficient (Wildman–Crippen LogP) is 5.11. The van der Waals surface area contributed by atoms with Crippen LogP contribution in [-0.4, -0.2) is 39.2 Å². The first-order valence-corrected chi connectivity index (χ1v) is 11.6. The number of Topliss-reactive ketones (excluding diaryl/α,β-unsaturated/α-hetero) is 1. The van der Waals surface area contributed by atoms with Crippen molar-refractivity contribution in [3.8, 4) is 28.3 Å². The summed E-state index contributed by atoms with van der Waals surface area (Å²) in [6.07, 6.45) is 6.54. The second-order valence-electron chi connectivity index (χ2n) is 7.07. The Morgan fingerprint density at radius 3 is 2.38 bits per heavy atom. The normalized spacial score (nSPS) is 10.8. The number of nitrogens with one attached hydrogen (secondary N) is 1. The van der Waals surface area contributed by atoms with Gasteiger partial charge >= 0.3 is 0 Å². The molecule has 0 saturated heterocycles. The van der Waals surface area contributed by atoms with Crippen LogP contribution in [0.25, 0.3) is 22.5 Å². The number of benzene rings is 1. The van der Waals surface area contributed by atoms with Crippen LogP contribution in [0.3, 0.4) is 0 Å². The van der Waals surface area contributed by atoms with E-state index in [9.17, 15) is 9.59 Å². The molecule has 4 aromatic rings. The molecule has 4 rings (SSSR count). The van der Waals surface area contributed by atoms with E-state index in [2.05, 4.69) is 20.5 Å². The van der Waals surface area contributed by atoms with Gasteiger partial charge in [-0.1, -0.05) is 18.7 Å². The number of amides is 1. The fourth-order valence-corrected chi connectivity index (χ4v) is 3.78. The summed E-state index contributed by atoms with van der Waals surface area (Å²) < 4.78 is 15.9. The van der Waals surface area contributed by atoms with Crippen molar-refractivity contribution in [3.63, 3.8) is 0 Å². The number of thioether (sulfide) groups is 1. The maximum atomic E-state index is 12.9. The summed E-state index contributed by atoms with van der Waals surface area (Å²) in [6.45, 7) is 4.05. The van der Waals surface area contributed by atoms with Crippen LogP contribution in [-0.2, 0) is 4.79 Å². The topological polar surface area (TPSA) is 120 Å². The maximum Gasteiger partial charge on any atom is 0.224 e. The monoisotopic (exact) mass is 478 g/mol. The van der Waals surface area contributed by atoms with E-state index in [1.807, 2.05) is 6.92 Å². The Morgan fingerprint density at radius 1 is 1.00 bits per heavy atom. The predicted molar refractivity (Wildman–Crippen MR) is 127 cm³/mol. The summed E-state index contributed by atoms with van der Waals surface area (Å²) >= 11 is 1.17. The Labute approximate surface area is 199 Å². The third-order valence-electron chi connectivity index (χ3n) is 4.79. The minimum atomic E-state index is -0.163. The molecule has 3 heterocycles. The van der Waals surface area contributed by atoms with E-state index in [1.165, 1.54) is 11.8 Å². The first-order valence-electron chi connectivity index (χ1n) is 10.6. The van der Waals surface area contributed by atoms with E-state index in [0.29, 0.717) is 46.6 Å². The highest BCUT2D eigenvalue weighted by atomic mass is 32.2. The average Bonchev–Trinajstić information content (AvgIpc) is 3.58. The molecule has 0 aliphatic rings. The van der Waals surface area contributed by atoms with Crippen molar-refractivity contribution >= 4 is 29.1 Å². The van der Waals surface area contributed by atoms with Gasteiger partial charge in [-0.2, -0.15) is 0 Å². The lowest BCUT2D eigenvalue weighted by Gasteiger charge is -2.12. The van der Waals surface area contributed by atoms with Gasteiger partial charge < -0.3 is 18.9 Å². The van der Waals surface area contributed by atoms with E-state index in [4.69, 9.17) is 13.6 Å². The maximum absolute atomic E-state index is 12.9. The largest absolute Gasteiger partial charge is 0.492 e. The van der Waals surface area contributed by atoms with Crippen LogP contribution >= 0.6 is 11.8 Å². The smallest absolute Gasteiger partial charge is 0.224 e. The first-order chi connectivity index (χ1) is 16.6. The fraction of sp³-hybridized carbons (Fsp3) is 0.208. The number of nitrogens with zero attached hydrogens (tertiary/aromatic N) is 3. The van der Waals surface area contributed by atoms with E-state index >= 15 is 0 Å². The van der Waals surface area contributed by atoms with Crippen LogP contribution in [0, 0.1) is 0 Å². The summed E-state index contributed by atoms with van der Waals surface area (Å²) in [5.74, 6) is 0.295. The molecule has 1 amide bonds. The van der Waals surface area contributed by atoms with Gasteiger partial charge in [0.1, 0.15) is 17.1 Å². The molecule has 0 aliphatic heterocycles. The molecule has 0 spiro atoms. The Kier molecular flexibility index (Phi) is 7.38. The van der Waals surface area contributed by atoms with Gasteiger partial charge in [-0.3, -0.25) is 9.59 Å². The zero-order valence-electron chi connectivity index (χ0n) is 18.6. The van der Waals surface area contributed by atoms with Gasteiger partial charge in [-0.05, 0) is 37.3 Å². The second-order valence-corrected chi connectivity index (χ2v) is 8.02. The molecule has 9 nitrogen and oxygen atoms in total. The van der Waals surface area contributed by atoms with Crippen LogP contribution in [0.1, 0.15) is 30.6 Å². The Bertz CT molecular complexity index is 1270. The summed E-state index contributed by atoms with van der Waals surface area (Å²) in [5, 5.41) is 11.6. The molecule has 10 heteroatoms.